The Morgan fingerprint density at radius 1 is 0.759 bits per heavy atom. The molecule has 3 nitrogen and oxygen atoms in total. The molecular weight excluding hydrogens is 407 g/mol. The number of hydrogen-bond acceptors (Lipinski definition) is 3. The minimum absolute atomic E-state index is 0. The third-order valence-corrected chi connectivity index (χ3v) is 6.32. The Kier molecular flexibility index (Phi) is 13.5. The van der Waals surface area contributed by atoms with Crippen molar-refractivity contribution in [3.63, 3.8) is 0 Å². The Bertz CT molecular complexity index is 847. The van der Waals surface area contributed by atoms with Gasteiger partial charge in [-0.2, -0.15) is 0 Å². The predicted octanol–water partition coefficient (Wildman–Crippen LogP) is 3.77. The van der Waals surface area contributed by atoms with Crippen molar-refractivity contribution in [2.24, 2.45) is 0 Å². The molecule has 0 saturated heterocycles. The van der Waals surface area contributed by atoms with E-state index in [4.69, 9.17) is 0 Å². The van der Waals surface area contributed by atoms with E-state index in [1.165, 1.54) is 55.9 Å². The zero-order chi connectivity index (χ0) is 20.4. The molecule has 0 aliphatic carbocycles. The maximum atomic E-state index is 11.6. The average Bonchev–Trinajstić information content (AvgIpc) is 2.66. The van der Waals surface area contributed by atoms with Gasteiger partial charge in [0.15, 0.2) is 0 Å². The standard InChI is InChI=1S/C24H36O3S.K/c1-3-5-7-9-11-14-20-16-13-17-22-19-23(28(25,26)27)18-21(24(20)22)15-12-10-8-6-4-2;/h13,16-19H,3-12,14-15H2,1-2H3,(H,25,26,27);/q;+1/p-1. The van der Waals surface area contributed by atoms with E-state index in [0.29, 0.717) is 0 Å². The van der Waals surface area contributed by atoms with Crippen molar-refractivity contribution in [3.05, 3.63) is 41.5 Å². The van der Waals surface area contributed by atoms with Gasteiger partial charge in [0.2, 0.25) is 0 Å². The molecule has 0 aliphatic heterocycles. The van der Waals surface area contributed by atoms with Crippen LogP contribution in [0.3, 0.4) is 0 Å². The fourth-order valence-electron chi connectivity index (χ4n) is 3.96. The SMILES string of the molecule is CCCCCCCc1cccc2cc(S(=O)(=O)[O-])cc(CCCCCCC)c12.[K+]. The monoisotopic (exact) mass is 442 g/mol. The summed E-state index contributed by atoms with van der Waals surface area (Å²) >= 11 is 0. The maximum Gasteiger partial charge on any atom is 1.00 e. The van der Waals surface area contributed by atoms with Crippen LogP contribution in [-0.4, -0.2) is 13.0 Å². The summed E-state index contributed by atoms with van der Waals surface area (Å²) < 4.78 is 34.9. The van der Waals surface area contributed by atoms with Crippen LogP contribution in [-0.2, 0) is 23.0 Å². The van der Waals surface area contributed by atoms with E-state index < -0.39 is 10.1 Å². The van der Waals surface area contributed by atoms with Crippen LogP contribution in [0.5, 0.6) is 0 Å². The molecule has 5 heteroatoms. The summed E-state index contributed by atoms with van der Waals surface area (Å²) in [5.74, 6) is 0. The summed E-state index contributed by atoms with van der Waals surface area (Å²) in [7, 11) is -4.45. The predicted molar refractivity (Wildman–Crippen MR) is 117 cm³/mol. The molecule has 2 rings (SSSR count). The minimum Gasteiger partial charge on any atom is -0.744 e. The first-order valence-electron chi connectivity index (χ1n) is 11.0. The fourth-order valence-corrected chi connectivity index (χ4v) is 4.52. The summed E-state index contributed by atoms with van der Waals surface area (Å²) in [6.07, 6.45) is 13.8. The molecule has 2 aromatic carbocycles. The molecule has 0 aliphatic rings. The van der Waals surface area contributed by atoms with E-state index >= 15 is 0 Å². The molecular formula is C24H35KO3S. The second-order valence-corrected chi connectivity index (χ2v) is 9.26. The van der Waals surface area contributed by atoms with E-state index in [1.54, 1.807) is 12.1 Å². The molecule has 156 valence electrons. The Labute approximate surface area is 220 Å². The number of rotatable bonds is 13. The van der Waals surface area contributed by atoms with Gasteiger partial charge in [0.05, 0.1) is 4.90 Å². The summed E-state index contributed by atoms with van der Waals surface area (Å²) in [5.41, 5.74) is 2.31. The van der Waals surface area contributed by atoms with E-state index in [2.05, 4.69) is 19.9 Å². The molecule has 0 N–H and O–H groups in total. The molecule has 0 bridgehead atoms. The molecule has 0 unspecified atom stereocenters. The molecule has 0 aromatic heterocycles. The smallest absolute Gasteiger partial charge is 0.744 e. The Morgan fingerprint density at radius 3 is 1.86 bits per heavy atom. The molecule has 0 spiro atoms. The van der Waals surface area contributed by atoms with Gasteiger partial charge in [-0.1, -0.05) is 83.4 Å². The second kappa shape index (κ2) is 14.3. The largest absolute Gasteiger partial charge is 1.00 e. The molecule has 0 fully saturated rings. The van der Waals surface area contributed by atoms with Crippen molar-refractivity contribution in [1.29, 1.82) is 0 Å². The van der Waals surface area contributed by atoms with Crippen molar-refractivity contribution in [2.75, 3.05) is 0 Å². The Balaban J connectivity index is 0.00000420. The van der Waals surface area contributed by atoms with Gasteiger partial charge in [-0.15, -0.1) is 0 Å². The molecule has 0 heterocycles. The number of benzene rings is 2. The molecule has 0 radical (unpaired) electrons. The zero-order valence-electron chi connectivity index (χ0n) is 18.5. The maximum absolute atomic E-state index is 11.6. The Morgan fingerprint density at radius 2 is 1.31 bits per heavy atom. The van der Waals surface area contributed by atoms with E-state index in [0.717, 1.165) is 43.1 Å². The van der Waals surface area contributed by atoms with E-state index in [9.17, 15) is 13.0 Å². The average molecular weight is 443 g/mol. The Hall–Kier alpha value is 0.246. The summed E-state index contributed by atoms with van der Waals surface area (Å²) in [4.78, 5) is -0.0938. The van der Waals surface area contributed by atoms with Crippen LogP contribution in [0.2, 0.25) is 0 Å². The third-order valence-electron chi connectivity index (χ3n) is 5.51. The van der Waals surface area contributed by atoms with E-state index in [-0.39, 0.29) is 56.3 Å². The molecule has 0 saturated carbocycles. The van der Waals surface area contributed by atoms with Crippen LogP contribution < -0.4 is 51.4 Å². The van der Waals surface area contributed by atoms with E-state index in [1.807, 2.05) is 12.1 Å². The first kappa shape index (κ1) is 27.3. The number of unbranched alkanes of at least 4 members (excludes halogenated alkanes) is 8. The normalized spacial score (nSPS) is 11.6. The first-order valence-corrected chi connectivity index (χ1v) is 12.4. The van der Waals surface area contributed by atoms with Crippen molar-refractivity contribution >= 4 is 20.9 Å². The van der Waals surface area contributed by atoms with Crippen LogP contribution in [0.25, 0.3) is 10.8 Å². The quantitative estimate of drug-likeness (QED) is 0.269. The fraction of sp³-hybridized carbons (Fsp3) is 0.583. The van der Waals surface area contributed by atoms with Gasteiger partial charge in [0.1, 0.15) is 10.1 Å². The van der Waals surface area contributed by atoms with Crippen LogP contribution in [0.15, 0.2) is 35.2 Å². The van der Waals surface area contributed by atoms with Crippen molar-refractivity contribution in [2.45, 2.75) is 95.8 Å². The molecule has 0 amide bonds. The van der Waals surface area contributed by atoms with Gasteiger partial charge in [0, 0.05) is 0 Å². The van der Waals surface area contributed by atoms with Crippen molar-refractivity contribution in [3.8, 4) is 0 Å². The van der Waals surface area contributed by atoms with Gasteiger partial charge >= 0.3 is 51.4 Å². The van der Waals surface area contributed by atoms with Gasteiger partial charge in [-0.25, -0.2) is 8.42 Å². The van der Waals surface area contributed by atoms with Gasteiger partial charge in [-0.3, -0.25) is 0 Å². The molecule has 2 aromatic rings. The topological polar surface area (TPSA) is 57.2 Å². The van der Waals surface area contributed by atoms with Crippen LogP contribution in [0, 0.1) is 0 Å². The van der Waals surface area contributed by atoms with Crippen molar-refractivity contribution in [1.82, 2.24) is 0 Å². The summed E-state index contributed by atoms with van der Waals surface area (Å²) in [6, 6.07) is 9.26. The number of fused-ring (bicyclic) bond motifs is 1. The summed E-state index contributed by atoms with van der Waals surface area (Å²) in [5, 5.41) is 2.05. The van der Waals surface area contributed by atoms with Crippen LogP contribution in [0.4, 0.5) is 0 Å². The third kappa shape index (κ3) is 9.10. The van der Waals surface area contributed by atoms with Gasteiger partial charge in [0.25, 0.3) is 0 Å². The first-order chi connectivity index (χ1) is 13.5. The van der Waals surface area contributed by atoms with Crippen LogP contribution in [0.1, 0.15) is 89.2 Å². The van der Waals surface area contributed by atoms with Crippen LogP contribution >= 0.6 is 0 Å². The van der Waals surface area contributed by atoms with Crippen molar-refractivity contribution < 1.29 is 64.4 Å². The molecule has 29 heavy (non-hydrogen) atoms. The minimum atomic E-state index is -4.45. The van der Waals surface area contributed by atoms with Gasteiger partial charge in [-0.05, 0) is 59.7 Å². The number of aryl methyl sites for hydroxylation is 2. The number of hydrogen-bond donors (Lipinski definition) is 0. The second-order valence-electron chi connectivity index (χ2n) is 7.88. The molecule has 0 atom stereocenters. The summed E-state index contributed by atoms with van der Waals surface area (Å²) in [6.45, 7) is 4.42. The zero-order valence-corrected chi connectivity index (χ0v) is 22.4. The van der Waals surface area contributed by atoms with Gasteiger partial charge < -0.3 is 4.55 Å².